The maximum atomic E-state index is 10.4. The van der Waals surface area contributed by atoms with Crippen LogP contribution < -0.4 is 5.69 Å². The largest absolute Gasteiger partial charge is 0.476 e. The van der Waals surface area contributed by atoms with Crippen LogP contribution in [0.2, 0.25) is 5.15 Å². The molecule has 0 saturated heterocycles. The van der Waals surface area contributed by atoms with Gasteiger partial charge in [-0.1, -0.05) is 11.6 Å². The molecule has 0 aliphatic rings. The van der Waals surface area contributed by atoms with E-state index in [0.717, 1.165) is 0 Å². The summed E-state index contributed by atoms with van der Waals surface area (Å²) in [5.41, 5.74) is -0.936. The summed E-state index contributed by atoms with van der Waals surface area (Å²) in [5.74, 6) is -1.26. The lowest BCUT2D eigenvalue weighted by Gasteiger charge is -1.83. The van der Waals surface area contributed by atoms with E-state index >= 15 is 0 Å². The normalized spacial score (nSPS) is 9.70. The van der Waals surface area contributed by atoms with E-state index in [9.17, 15) is 9.59 Å². The molecule has 0 aromatic carbocycles. The average molecular weight is 163 g/mol. The molecule has 0 aliphatic heterocycles. The van der Waals surface area contributed by atoms with Gasteiger partial charge in [0.2, 0.25) is 0 Å². The van der Waals surface area contributed by atoms with Crippen molar-refractivity contribution in [2.75, 3.05) is 0 Å². The Labute approximate surface area is 59.6 Å². The Balaban J connectivity index is 3.28. The SMILES string of the molecule is O=C(O)c1[nH]c(=O)[nH]c1Cl. The molecule has 1 aromatic rings. The third-order valence-electron chi connectivity index (χ3n) is 0.895. The number of halogens is 1. The van der Waals surface area contributed by atoms with Gasteiger partial charge < -0.3 is 5.11 Å². The van der Waals surface area contributed by atoms with E-state index in [2.05, 4.69) is 4.98 Å². The minimum Gasteiger partial charge on any atom is -0.476 e. The summed E-state index contributed by atoms with van der Waals surface area (Å²) in [5, 5.41) is 8.12. The first-order chi connectivity index (χ1) is 4.61. The number of hydrogen-bond acceptors (Lipinski definition) is 2. The van der Waals surface area contributed by atoms with Gasteiger partial charge in [-0.15, -0.1) is 0 Å². The predicted octanol–water partition coefficient (Wildman–Crippen LogP) is 0.0546. The zero-order valence-electron chi connectivity index (χ0n) is 4.64. The highest BCUT2D eigenvalue weighted by Crippen LogP contribution is 2.05. The van der Waals surface area contributed by atoms with Crippen LogP contribution >= 0.6 is 11.6 Å². The number of H-pyrrole nitrogens is 2. The molecule has 5 nitrogen and oxygen atoms in total. The van der Waals surface area contributed by atoms with Gasteiger partial charge in [0, 0.05) is 0 Å². The van der Waals surface area contributed by atoms with Crippen molar-refractivity contribution in [1.82, 2.24) is 9.97 Å². The maximum Gasteiger partial charge on any atom is 0.355 e. The van der Waals surface area contributed by atoms with Crippen LogP contribution in [-0.2, 0) is 0 Å². The summed E-state index contributed by atoms with van der Waals surface area (Å²) < 4.78 is 0. The first-order valence-electron chi connectivity index (χ1n) is 2.32. The average Bonchev–Trinajstić information content (AvgIpc) is 2.10. The summed E-state index contributed by atoms with van der Waals surface area (Å²) in [6, 6.07) is 0. The Morgan fingerprint density at radius 2 is 2.10 bits per heavy atom. The predicted molar refractivity (Wildman–Crippen MR) is 33.4 cm³/mol. The Morgan fingerprint density at radius 3 is 2.30 bits per heavy atom. The van der Waals surface area contributed by atoms with E-state index in [1.807, 2.05) is 4.98 Å². The minimum absolute atomic E-state index is 0.183. The lowest BCUT2D eigenvalue weighted by atomic mass is 10.5. The first-order valence-corrected chi connectivity index (χ1v) is 2.70. The van der Waals surface area contributed by atoms with Crippen LogP contribution in [-0.4, -0.2) is 21.0 Å². The number of carbonyl (C=O) groups is 1. The second-order valence-corrected chi connectivity index (χ2v) is 1.95. The molecule has 0 saturated carbocycles. The van der Waals surface area contributed by atoms with Crippen molar-refractivity contribution in [2.24, 2.45) is 0 Å². The van der Waals surface area contributed by atoms with Crippen LogP contribution in [0.1, 0.15) is 10.5 Å². The van der Waals surface area contributed by atoms with Gasteiger partial charge in [0.15, 0.2) is 5.69 Å². The van der Waals surface area contributed by atoms with Gasteiger partial charge in [0.25, 0.3) is 0 Å². The van der Waals surface area contributed by atoms with E-state index in [4.69, 9.17) is 16.7 Å². The minimum atomic E-state index is -1.26. The summed E-state index contributed by atoms with van der Waals surface area (Å²) in [6.07, 6.45) is 0. The number of nitrogens with one attached hydrogen (secondary N) is 2. The smallest absolute Gasteiger partial charge is 0.355 e. The zero-order valence-corrected chi connectivity index (χ0v) is 5.40. The van der Waals surface area contributed by atoms with Crippen LogP contribution in [0.15, 0.2) is 4.79 Å². The third-order valence-corrected chi connectivity index (χ3v) is 1.18. The molecule has 0 atom stereocenters. The first kappa shape index (κ1) is 6.88. The fraction of sp³-hybridized carbons (Fsp3) is 0. The summed E-state index contributed by atoms with van der Waals surface area (Å²) in [4.78, 5) is 24.6. The van der Waals surface area contributed by atoms with Crippen LogP contribution in [0, 0.1) is 0 Å². The van der Waals surface area contributed by atoms with Crippen LogP contribution in [0.5, 0.6) is 0 Å². The number of carboxylic acids is 1. The van der Waals surface area contributed by atoms with Gasteiger partial charge in [-0.2, -0.15) is 0 Å². The van der Waals surface area contributed by atoms with Crippen molar-refractivity contribution < 1.29 is 9.90 Å². The zero-order chi connectivity index (χ0) is 7.72. The second kappa shape index (κ2) is 2.18. The molecule has 3 N–H and O–H groups in total. The number of carboxylic acid groups (broad SMARTS) is 1. The summed E-state index contributed by atoms with van der Waals surface area (Å²) in [6.45, 7) is 0. The molecule has 0 radical (unpaired) electrons. The van der Waals surface area contributed by atoms with Crippen molar-refractivity contribution in [3.05, 3.63) is 21.3 Å². The lowest BCUT2D eigenvalue weighted by molar-refractivity contribution is 0.0691. The van der Waals surface area contributed by atoms with Gasteiger partial charge in [-0.3, -0.25) is 9.97 Å². The lowest BCUT2D eigenvalue weighted by Crippen LogP contribution is -2.03. The quantitative estimate of drug-likeness (QED) is 0.546. The molecule has 1 aromatic heterocycles. The molecule has 6 heteroatoms. The number of aromatic nitrogens is 2. The Morgan fingerprint density at radius 1 is 1.50 bits per heavy atom. The molecule has 0 aliphatic carbocycles. The molecule has 0 amide bonds. The number of hydrogen-bond donors (Lipinski definition) is 3. The molecule has 0 bridgehead atoms. The number of rotatable bonds is 1. The molecular weight excluding hydrogens is 160 g/mol. The topological polar surface area (TPSA) is 85.9 Å². The van der Waals surface area contributed by atoms with Gasteiger partial charge in [0.05, 0.1) is 0 Å². The highest BCUT2D eigenvalue weighted by atomic mass is 35.5. The van der Waals surface area contributed by atoms with E-state index in [0.29, 0.717) is 0 Å². The van der Waals surface area contributed by atoms with Gasteiger partial charge in [-0.25, -0.2) is 9.59 Å². The van der Waals surface area contributed by atoms with E-state index in [-0.39, 0.29) is 10.8 Å². The monoisotopic (exact) mass is 162 g/mol. The molecule has 0 fully saturated rings. The standard InChI is InChI=1S/C4H3ClN2O3/c5-2-1(3(8)9)6-4(10)7-2/h(H,8,9)(H2,6,7,10). The van der Waals surface area contributed by atoms with Crippen molar-refractivity contribution in [3.8, 4) is 0 Å². The molecule has 0 unspecified atom stereocenters. The molecule has 1 heterocycles. The Kier molecular flexibility index (Phi) is 1.50. The van der Waals surface area contributed by atoms with Crippen molar-refractivity contribution in [3.63, 3.8) is 0 Å². The molecule has 0 spiro atoms. The van der Waals surface area contributed by atoms with Crippen molar-refractivity contribution in [2.45, 2.75) is 0 Å². The molecule has 54 valence electrons. The third kappa shape index (κ3) is 1.03. The van der Waals surface area contributed by atoms with Crippen LogP contribution in [0.3, 0.4) is 0 Å². The van der Waals surface area contributed by atoms with Crippen LogP contribution in [0.25, 0.3) is 0 Å². The molecular formula is C4H3ClN2O3. The van der Waals surface area contributed by atoms with E-state index < -0.39 is 11.7 Å². The van der Waals surface area contributed by atoms with Gasteiger partial charge in [0.1, 0.15) is 5.15 Å². The van der Waals surface area contributed by atoms with Crippen molar-refractivity contribution in [1.29, 1.82) is 0 Å². The Hall–Kier alpha value is -1.23. The van der Waals surface area contributed by atoms with Gasteiger partial charge >= 0.3 is 11.7 Å². The summed E-state index contributed by atoms with van der Waals surface area (Å²) in [7, 11) is 0. The fourth-order valence-electron chi connectivity index (χ4n) is 0.509. The maximum absolute atomic E-state index is 10.4. The molecule has 10 heavy (non-hydrogen) atoms. The van der Waals surface area contributed by atoms with Crippen LogP contribution in [0.4, 0.5) is 0 Å². The van der Waals surface area contributed by atoms with Crippen molar-refractivity contribution >= 4 is 17.6 Å². The summed E-state index contributed by atoms with van der Waals surface area (Å²) >= 11 is 5.27. The number of aromatic amines is 2. The number of imidazole rings is 1. The van der Waals surface area contributed by atoms with E-state index in [1.165, 1.54) is 0 Å². The van der Waals surface area contributed by atoms with Gasteiger partial charge in [-0.05, 0) is 0 Å². The highest BCUT2D eigenvalue weighted by molar-refractivity contribution is 6.32. The second-order valence-electron chi connectivity index (χ2n) is 1.57. The Bertz CT molecular complexity index is 313. The van der Waals surface area contributed by atoms with E-state index in [1.54, 1.807) is 0 Å². The number of aromatic carboxylic acids is 1. The fourth-order valence-corrected chi connectivity index (χ4v) is 0.723. The molecule has 1 rings (SSSR count). The highest BCUT2D eigenvalue weighted by Gasteiger charge is 2.10.